The Morgan fingerprint density at radius 1 is 1.28 bits per heavy atom. The number of benzene rings is 1. The van der Waals surface area contributed by atoms with Crippen molar-refractivity contribution in [1.82, 2.24) is 24.7 Å². The SMILES string of the molecule is CCn1c(C(=O)NC)nc2c1CN([C@H]1CO[C@H](c3cc(F)ccc3F)[C@@H](N(C(=O)O)C(C)(C)C)C1)C2. The van der Waals surface area contributed by atoms with Gasteiger partial charge < -0.3 is 19.7 Å². The molecule has 196 valence electrons. The first-order valence-electron chi connectivity index (χ1n) is 12.1. The molecule has 36 heavy (non-hydrogen) atoms. The van der Waals surface area contributed by atoms with E-state index in [2.05, 4.69) is 15.2 Å². The summed E-state index contributed by atoms with van der Waals surface area (Å²) >= 11 is 0. The van der Waals surface area contributed by atoms with Crippen LogP contribution in [-0.2, 0) is 24.4 Å². The normalized spacial score (nSPS) is 22.4. The van der Waals surface area contributed by atoms with Crippen LogP contribution in [-0.4, -0.2) is 67.7 Å². The molecule has 2 aliphatic rings. The van der Waals surface area contributed by atoms with E-state index < -0.39 is 35.4 Å². The molecule has 1 aromatic heterocycles. The highest BCUT2D eigenvalue weighted by molar-refractivity contribution is 5.90. The van der Waals surface area contributed by atoms with Gasteiger partial charge in [0.1, 0.15) is 17.7 Å². The van der Waals surface area contributed by atoms with Gasteiger partial charge in [-0.25, -0.2) is 18.6 Å². The Morgan fingerprint density at radius 3 is 2.61 bits per heavy atom. The Morgan fingerprint density at radius 2 is 2.00 bits per heavy atom. The van der Waals surface area contributed by atoms with Crippen molar-refractivity contribution in [2.24, 2.45) is 0 Å². The number of ether oxygens (including phenoxy) is 1. The molecule has 9 nitrogen and oxygen atoms in total. The minimum atomic E-state index is -1.16. The van der Waals surface area contributed by atoms with Crippen LogP contribution >= 0.6 is 0 Å². The number of carboxylic acid groups (broad SMARTS) is 1. The second-order valence-corrected chi connectivity index (χ2v) is 10.3. The molecule has 1 saturated heterocycles. The molecule has 2 amide bonds. The van der Waals surface area contributed by atoms with Crippen LogP contribution < -0.4 is 5.32 Å². The van der Waals surface area contributed by atoms with Gasteiger partial charge in [0.15, 0.2) is 5.82 Å². The third-order valence-electron chi connectivity index (χ3n) is 6.98. The van der Waals surface area contributed by atoms with Gasteiger partial charge in [-0.05, 0) is 52.3 Å². The Bertz CT molecular complexity index is 1160. The summed E-state index contributed by atoms with van der Waals surface area (Å²) in [6.07, 6.45) is -1.75. The molecule has 0 aliphatic carbocycles. The Labute approximate surface area is 209 Å². The summed E-state index contributed by atoms with van der Waals surface area (Å²) in [6.45, 7) is 9.05. The van der Waals surface area contributed by atoms with Crippen LogP contribution in [0.25, 0.3) is 0 Å². The molecule has 1 fully saturated rings. The fourth-order valence-corrected chi connectivity index (χ4v) is 5.41. The highest BCUT2D eigenvalue weighted by Crippen LogP contribution is 2.39. The van der Waals surface area contributed by atoms with Crippen LogP contribution in [0.2, 0.25) is 0 Å². The summed E-state index contributed by atoms with van der Waals surface area (Å²) in [7, 11) is 1.56. The zero-order valence-corrected chi connectivity index (χ0v) is 21.2. The molecule has 0 bridgehead atoms. The summed E-state index contributed by atoms with van der Waals surface area (Å²) in [5.74, 6) is -1.13. The average molecular weight is 506 g/mol. The van der Waals surface area contributed by atoms with Crippen LogP contribution in [0.15, 0.2) is 18.2 Å². The van der Waals surface area contributed by atoms with E-state index >= 15 is 0 Å². The predicted octanol–water partition coefficient (Wildman–Crippen LogP) is 3.53. The minimum absolute atomic E-state index is 0.00738. The first kappa shape index (κ1) is 26.0. The number of rotatable bonds is 5. The topological polar surface area (TPSA) is 99.9 Å². The molecule has 3 heterocycles. The predicted molar refractivity (Wildman–Crippen MR) is 127 cm³/mol. The van der Waals surface area contributed by atoms with Crippen molar-refractivity contribution in [3.63, 3.8) is 0 Å². The Balaban J connectivity index is 1.64. The Hall–Kier alpha value is -3.05. The van der Waals surface area contributed by atoms with Crippen LogP contribution in [0.3, 0.4) is 0 Å². The van der Waals surface area contributed by atoms with Gasteiger partial charge in [-0.1, -0.05) is 0 Å². The maximum Gasteiger partial charge on any atom is 0.408 e. The number of fused-ring (bicyclic) bond motifs is 1. The number of carbonyl (C=O) groups is 2. The molecule has 2 N–H and O–H groups in total. The number of hydrogen-bond acceptors (Lipinski definition) is 5. The number of amides is 2. The first-order valence-corrected chi connectivity index (χ1v) is 12.1. The average Bonchev–Trinajstić information content (AvgIpc) is 3.37. The largest absolute Gasteiger partial charge is 0.465 e. The molecule has 1 aromatic carbocycles. The van der Waals surface area contributed by atoms with Gasteiger partial charge in [-0.15, -0.1) is 0 Å². The Kier molecular flexibility index (Phi) is 7.07. The van der Waals surface area contributed by atoms with Crippen LogP contribution in [0.4, 0.5) is 13.6 Å². The number of halogens is 2. The van der Waals surface area contributed by atoms with E-state index in [4.69, 9.17) is 4.74 Å². The fraction of sp³-hybridized carbons (Fsp3) is 0.560. The fourth-order valence-electron chi connectivity index (χ4n) is 5.41. The first-order chi connectivity index (χ1) is 17.0. The van der Waals surface area contributed by atoms with Gasteiger partial charge in [0.05, 0.1) is 24.0 Å². The second-order valence-electron chi connectivity index (χ2n) is 10.3. The maximum atomic E-state index is 14.8. The van der Waals surface area contributed by atoms with Crippen molar-refractivity contribution in [2.45, 2.75) is 77.5 Å². The van der Waals surface area contributed by atoms with E-state index in [0.29, 0.717) is 31.9 Å². The van der Waals surface area contributed by atoms with E-state index in [-0.39, 0.29) is 24.1 Å². The molecule has 2 aliphatic heterocycles. The van der Waals surface area contributed by atoms with E-state index in [0.717, 1.165) is 29.6 Å². The lowest BCUT2D eigenvalue weighted by Crippen LogP contribution is -2.58. The molecule has 3 atom stereocenters. The lowest BCUT2D eigenvalue weighted by atomic mass is 9.88. The quantitative estimate of drug-likeness (QED) is 0.645. The van der Waals surface area contributed by atoms with Gasteiger partial charge >= 0.3 is 6.09 Å². The van der Waals surface area contributed by atoms with E-state index in [1.807, 2.05) is 11.5 Å². The number of nitrogens with zero attached hydrogens (tertiary/aromatic N) is 4. The molecule has 0 unspecified atom stereocenters. The van der Waals surface area contributed by atoms with Gasteiger partial charge in [-0.3, -0.25) is 14.6 Å². The molecule has 11 heteroatoms. The van der Waals surface area contributed by atoms with Crippen molar-refractivity contribution >= 4 is 12.0 Å². The number of carbonyl (C=O) groups excluding carboxylic acids is 1. The van der Waals surface area contributed by atoms with Gasteiger partial charge in [0.25, 0.3) is 5.91 Å². The lowest BCUT2D eigenvalue weighted by Gasteiger charge is -2.48. The molecular formula is C25H33F2N5O4. The monoisotopic (exact) mass is 505 g/mol. The van der Waals surface area contributed by atoms with Crippen molar-refractivity contribution < 1.29 is 28.2 Å². The molecule has 0 saturated carbocycles. The molecule has 4 rings (SSSR count). The van der Waals surface area contributed by atoms with Gasteiger partial charge in [-0.2, -0.15) is 0 Å². The second kappa shape index (κ2) is 9.78. The number of hydrogen-bond donors (Lipinski definition) is 2. The lowest BCUT2D eigenvalue weighted by molar-refractivity contribution is -0.103. The van der Waals surface area contributed by atoms with E-state index in [9.17, 15) is 23.5 Å². The zero-order chi connectivity index (χ0) is 26.4. The highest BCUT2D eigenvalue weighted by Gasteiger charge is 2.46. The summed E-state index contributed by atoms with van der Waals surface area (Å²) < 4.78 is 36.8. The van der Waals surface area contributed by atoms with E-state index in [1.54, 1.807) is 27.8 Å². The number of nitrogens with one attached hydrogen (secondary N) is 1. The molecular weight excluding hydrogens is 472 g/mol. The van der Waals surface area contributed by atoms with Crippen LogP contribution in [0.1, 0.15) is 67.8 Å². The maximum absolute atomic E-state index is 14.8. The van der Waals surface area contributed by atoms with Crippen LogP contribution in [0.5, 0.6) is 0 Å². The van der Waals surface area contributed by atoms with Crippen molar-refractivity contribution in [1.29, 1.82) is 0 Å². The van der Waals surface area contributed by atoms with Crippen molar-refractivity contribution in [2.75, 3.05) is 13.7 Å². The third kappa shape index (κ3) is 4.69. The number of imidazole rings is 1. The van der Waals surface area contributed by atoms with Gasteiger partial charge in [0, 0.05) is 43.8 Å². The summed E-state index contributed by atoms with van der Waals surface area (Å²) in [4.78, 5) is 32.6. The van der Waals surface area contributed by atoms with E-state index in [1.165, 1.54) is 4.90 Å². The summed E-state index contributed by atoms with van der Waals surface area (Å²) in [5, 5.41) is 12.7. The van der Waals surface area contributed by atoms with Gasteiger partial charge in [0.2, 0.25) is 0 Å². The summed E-state index contributed by atoms with van der Waals surface area (Å²) in [6, 6.07) is 2.21. The van der Waals surface area contributed by atoms with Crippen molar-refractivity contribution in [3.05, 3.63) is 52.6 Å². The minimum Gasteiger partial charge on any atom is -0.465 e. The zero-order valence-electron chi connectivity index (χ0n) is 21.2. The molecule has 0 spiro atoms. The highest BCUT2D eigenvalue weighted by atomic mass is 19.1. The molecule has 0 radical (unpaired) electrons. The molecule has 2 aromatic rings. The standard InChI is InChI=1S/C25H33F2N5O4/c1-6-31-20-12-30(11-18(20)29-22(31)23(33)28-5)15-10-19(32(24(34)35)25(2,3)4)21(36-13-15)16-9-14(26)7-8-17(16)27/h7-9,15,19,21H,6,10-13H2,1-5H3,(H,28,33)(H,34,35)/t15-,19+,21-/m1/s1. The smallest absolute Gasteiger partial charge is 0.408 e. The van der Waals surface area contributed by atoms with Crippen molar-refractivity contribution in [3.8, 4) is 0 Å². The summed E-state index contributed by atoms with van der Waals surface area (Å²) in [5.41, 5.74) is 0.946. The van der Waals surface area contributed by atoms with Crippen LogP contribution in [0, 0.1) is 11.6 Å². The third-order valence-corrected chi connectivity index (χ3v) is 6.98. The number of aromatic nitrogens is 2.